The van der Waals surface area contributed by atoms with Gasteiger partial charge in [-0.3, -0.25) is 9.69 Å². The van der Waals surface area contributed by atoms with Crippen molar-refractivity contribution in [3.63, 3.8) is 0 Å². The predicted molar refractivity (Wildman–Crippen MR) is 133 cm³/mol. The van der Waals surface area contributed by atoms with E-state index < -0.39 is 6.04 Å². The SMILES string of the molecule is Cc1nn(-c2ccccc2)c(C)c1C1C(=O)NCCN1Cc1nc(-c2ccc(C(C)C)cc2)no1. The number of benzene rings is 2. The number of nitrogens with one attached hydrogen (secondary N) is 1. The zero-order chi connectivity index (χ0) is 24.5. The van der Waals surface area contributed by atoms with Crippen molar-refractivity contribution in [3.05, 3.63) is 83.0 Å². The number of hydrogen-bond donors (Lipinski definition) is 1. The van der Waals surface area contributed by atoms with Gasteiger partial charge >= 0.3 is 0 Å². The zero-order valence-electron chi connectivity index (χ0n) is 20.5. The van der Waals surface area contributed by atoms with Crippen LogP contribution in [0, 0.1) is 13.8 Å². The molecule has 1 aliphatic heterocycles. The molecule has 8 nitrogen and oxygen atoms in total. The Morgan fingerprint density at radius 2 is 1.83 bits per heavy atom. The summed E-state index contributed by atoms with van der Waals surface area (Å²) in [6.07, 6.45) is 0. The van der Waals surface area contributed by atoms with E-state index in [4.69, 9.17) is 9.62 Å². The van der Waals surface area contributed by atoms with Gasteiger partial charge in [0.2, 0.25) is 17.6 Å². The molecule has 1 N–H and O–H groups in total. The lowest BCUT2D eigenvalue weighted by Crippen LogP contribution is -2.49. The summed E-state index contributed by atoms with van der Waals surface area (Å²) in [5, 5.41) is 12.0. The molecule has 2 aromatic heterocycles. The molecule has 2 aromatic carbocycles. The van der Waals surface area contributed by atoms with E-state index in [-0.39, 0.29) is 5.91 Å². The molecule has 1 saturated heterocycles. The van der Waals surface area contributed by atoms with Crippen LogP contribution < -0.4 is 5.32 Å². The fourth-order valence-corrected chi connectivity index (χ4v) is 4.70. The molecule has 1 amide bonds. The first-order valence-electron chi connectivity index (χ1n) is 12.0. The number of amides is 1. The molecule has 3 heterocycles. The summed E-state index contributed by atoms with van der Waals surface area (Å²) in [7, 11) is 0. The van der Waals surface area contributed by atoms with Crippen molar-refractivity contribution in [1.82, 2.24) is 30.1 Å². The molecule has 1 unspecified atom stereocenters. The maximum Gasteiger partial charge on any atom is 0.242 e. The van der Waals surface area contributed by atoms with E-state index in [0.717, 1.165) is 28.2 Å². The first-order chi connectivity index (χ1) is 16.9. The maximum atomic E-state index is 13.1. The summed E-state index contributed by atoms with van der Waals surface area (Å²) in [6, 6.07) is 17.7. The van der Waals surface area contributed by atoms with Crippen LogP contribution in [0.3, 0.4) is 0 Å². The van der Waals surface area contributed by atoms with Crippen molar-refractivity contribution in [2.24, 2.45) is 0 Å². The van der Waals surface area contributed by atoms with Gasteiger partial charge in [-0.1, -0.05) is 61.5 Å². The van der Waals surface area contributed by atoms with Crippen LogP contribution in [0.5, 0.6) is 0 Å². The number of carbonyl (C=O) groups is 1. The van der Waals surface area contributed by atoms with Crippen LogP contribution in [0.4, 0.5) is 0 Å². The normalized spacial score (nSPS) is 16.6. The van der Waals surface area contributed by atoms with Crippen molar-refractivity contribution >= 4 is 5.91 Å². The van der Waals surface area contributed by atoms with Crippen molar-refractivity contribution in [1.29, 1.82) is 0 Å². The summed E-state index contributed by atoms with van der Waals surface area (Å²) in [5.41, 5.74) is 5.82. The second-order valence-electron chi connectivity index (χ2n) is 9.28. The predicted octanol–water partition coefficient (Wildman–Crippen LogP) is 4.34. The highest BCUT2D eigenvalue weighted by Crippen LogP contribution is 2.31. The topological polar surface area (TPSA) is 89.1 Å². The van der Waals surface area contributed by atoms with Crippen LogP contribution in [0.1, 0.15) is 54.2 Å². The highest BCUT2D eigenvalue weighted by molar-refractivity contribution is 5.84. The lowest BCUT2D eigenvalue weighted by Gasteiger charge is -2.34. The van der Waals surface area contributed by atoms with E-state index in [0.29, 0.717) is 37.3 Å². The second-order valence-corrected chi connectivity index (χ2v) is 9.28. The van der Waals surface area contributed by atoms with E-state index in [9.17, 15) is 4.79 Å². The summed E-state index contributed by atoms with van der Waals surface area (Å²) < 4.78 is 7.50. The Balaban J connectivity index is 1.42. The molecule has 1 atom stereocenters. The van der Waals surface area contributed by atoms with Crippen LogP contribution in [0.25, 0.3) is 17.1 Å². The molecule has 8 heteroatoms. The third-order valence-corrected chi connectivity index (χ3v) is 6.58. The van der Waals surface area contributed by atoms with Gasteiger partial charge in [-0.15, -0.1) is 0 Å². The third kappa shape index (κ3) is 4.49. The second kappa shape index (κ2) is 9.46. The van der Waals surface area contributed by atoms with Crippen LogP contribution in [-0.4, -0.2) is 43.8 Å². The van der Waals surface area contributed by atoms with Gasteiger partial charge in [0, 0.05) is 29.9 Å². The average Bonchev–Trinajstić information content (AvgIpc) is 3.44. The minimum atomic E-state index is -0.484. The van der Waals surface area contributed by atoms with Crippen LogP contribution in [0.2, 0.25) is 0 Å². The van der Waals surface area contributed by atoms with Gasteiger partial charge in [-0.05, 0) is 37.5 Å². The van der Waals surface area contributed by atoms with E-state index >= 15 is 0 Å². The highest BCUT2D eigenvalue weighted by Gasteiger charge is 2.36. The first-order valence-corrected chi connectivity index (χ1v) is 12.0. The molecule has 0 radical (unpaired) electrons. The van der Waals surface area contributed by atoms with Gasteiger partial charge in [0.1, 0.15) is 6.04 Å². The van der Waals surface area contributed by atoms with Crippen LogP contribution in [-0.2, 0) is 11.3 Å². The number of aryl methyl sites for hydroxylation is 1. The molecule has 4 aromatic rings. The number of piperazine rings is 1. The number of hydrogen-bond acceptors (Lipinski definition) is 6. The summed E-state index contributed by atoms with van der Waals surface area (Å²) in [6.45, 7) is 9.91. The average molecular weight is 471 g/mol. The van der Waals surface area contributed by atoms with Crippen molar-refractivity contribution < 1.29 is 9.32 Å². The number of rotatable bonds is 6. The fraction of sp³-hybridized carbons (Fsp3) is 0.333. The molecule has 180 valence electrons. The summed E-state index contributed by atoms with van der Waals surface area (Å²) >= 11 is 0. The monoisotopic (exact) mass is 470 g/mol. The van der Waals surface area contributed by atoms with Gasteiger partial charge in [0.25, 0.3) is 0 Å². The Morgan fingerprint density at radius 3 is 2.54 bits per heavy atom. The smallest absolute Gasteiger partial charge is 0.242 e. The third-order valence-electron chi connectivity index (χ3n) is 6.58. The van der Waals surface area contributed by atoms with Gasteiger partial charge in [0.05, 0.1) is 17.9 Å². The van der Waals surface area contributed by atoms with Crippen molar-refractivity contribution in [2.45, 2.75) is 46.2 Å². The summed E-state index contributed by atoms with van der Waals surface area (Å²) in [4.78, 5) is 19.8. The van der Waals surface area contributed by atoms with Gasteiger partial charge in [0.15, 0.2) is 0 Å². The largest absolute Gasteiger partial charge is 0.353 e. The van der Waals surface area contributed by atoms with Crippen molar-refractivity contribution in [3.8, 4) is 17.1 Å². The fourth-order valence-electron chi connectivity index (χ4n) is 4.70. The molecule has 35 heavy (non-hydrogen) atoms. The van der Waals surface area contributed by atoms with Crippen LogP contribution >= 0.6 is 0 Å². The van der Waals surface area contributed by atoms with Crippen molar-refractivity contribution in [2.75, 3.05) is 13.1 Å². The lowest BCUT2D eigenvalue weighted by atomic mass is 10.00. The molecule has 5 rings (SSSR count). The van der Waals surface area contributed by atoms with E-state index in [1.165, 1.54) is 5.56 Å². The minimum absolute atomic E-state index is 0.0425. The lowest BCUT2D eigenvalue weighted by molar-refractivity contribution is -0.129. The standard InChI is InChI=1S/C27H30N6O2/c1-17(2)20-10-12-21(13-11-20)26-29-23(35-31-26)16-32-15-14-28-27(34)25(32)24-18(3)30-33(19(24)4)22-8-6-5-7-9-22/h5-13,17,25H,14-16H2,1-4H3,(H,28,34). The zero-order valence-corrected chi connectivity index (χ0v) is 20.5. The first kappa shape index (κ1) is 23.0. The molecule has 0 aliphatic carbocycles. The van der Waals surface area contributed by atoms with E-state index in [1.54, 1.807) is 0 Å². The van der Waals surface area contributed by atoms with E-state index in [1.807, 2.05) is 61.0 Å². The molecular formula is C27H30N6O2. The molecule has 0 saturated carbocycles. The number of nitrogens with zero attached hydrogens (tertiary/aromatic N) is 5. The number of carbonyl (C=O) groups excluding carboxylic acids is 1. The Hall–Kier alpha value is -3.78. The molecule has 0 bridgehead atoms. The number of aromatic nitrogens is 4. The highest BCUT2D eigenvalue weighted by atomic mass is 16.5. The van der Waals surface area contributed by atoms with E-state index in [2.05, 4.69) is 46.3 Å². The summed E-state index contributed by atoms with van der Waals surface area (Å²) in [5.74, 6) is 1.46. The Labute approximate surface area is 205 Å². The molecular weight excluding hydrogens is 440 g/mol. The Bertz CT molecular complexity index is 1320. The quantitative estimate of drug-likeness (QED) is 0.451. The molecule has 1 fully saturated rings. The Morgan fingerprint density at radius 1 is 1.09 bits per heavy atom. The number of para-hydroxylation sites is 1. The van der Waals surface area contributed by atoms with Gasteiger partial charge in [-0.25, -0.2) is 4.68 Å². The van der Waals surface area contributed by atoms with Gasteiger partial charge < -0.3 is 9.84 Å². The maximum absolute atomic E-state index is 13.1. The minimum Gasteiger partial charge on any atom is -0.353 e. The molecule has 0 spiro atoms. The van der Waals surface area contributed by atoms with Crippen LogP contribution in [0.15, 0.2) is 59.1 Å². The Kier molecular flexibility index (Phi) is 6.21. The van der Waals surface area contributed by atoms with Gasteiger partial charge in [-0.2, -0.15) is 10.1 Å². The molecule has 1 aliphatic rings.